The van der Waals surface area contributed by atoms with Crippen LogP contribution in [0.5, 0.6) is 5.75 Å². The number of hydrogen-bond acceptors (Lipinski definition) is 3. The van der Waals surface area contributed by atoms with Crippen LogP contribution < -0.4 is 15.0 Å². The first kappa shape index (κ1) is 16.2. The van der Waals surface area contributed by atoms with Crippen molar-refractivity contribution in [1.29, 1.82) is 0 Å². The molecule has 122 valence electrons. The number of nitrogens with one attached hydrogen (secondary N) is 1. The molecule has 0 radical (unpaired) electrons. The number of ether oxygens (including phenoxy) is 1. The molecule has 4 heteroatoms. The summed E-state index contributed by atoms with van der Waals surface area (Å²) in [5.41, 5.74) is 3.54. The van der Waals surface area contributed by atoms with Gasteiger partial charge < -0.3 is 15.0 Å². The molecule has 0 bridgehead atoms. The summed E-state index contributed by atoms with van der Waals surface area (Å²) >= 11 is 6.56. The lowest BCUT2D eigenvalue weighted by molar-refractivity contribution is 0.271. The average molecular weight is 331 g/mol. The first-order chi connectivity index (χ1) is 11.1. The van der Waals surface area contributed by atoms with Gasteiger partial charge in [-0.25, -0.2) is 0 Å². The number of halogens is 1. The maximum Gasteiger partial charge on any atom is 0.120 e. The van der Waals surface area contributed by atoms with Gasteiger partial charge in [-0.3, -0.25) is 0 Å². The van der Waals surface area contributed by atoms with Crippen molar-refractivity contribution in [1.82, 2.24) is 5.32 Å². The van der Waals surface area contributed by atoms with Gasteiger partial charge in [0.05, 0.1) is 17.3 Å². The molecule has 0 aliphatic carbocycles. The number of benzene rings is 2. The number of hydrogen-bond donors (Lipinski definition) is 1. The first-order valence-electron chi connectivity index (χ1n) is 8.13. The Kier molecular flexibility index (Phi) is 5.09. The molecule has 0 saturated heterocycles. The van der Waals surface area contributed by atoms with Gasteiger partial charge in [0.25, 0.3) is 0 Å². The molecule has 3 rings (SSSR count). The molecule has 0 spiro atoms. The van der Waals surface area contributed by atoms with Crippen molar-refractivity contribution in [3.63, 3.8) is 0 Å². The van der Waals surface area contributed by atoms with Crippen molar-refractivity contribution in [2.75, 3.05) is 24.6 Å². The molecule has 0 unspecified atom stereocenters. The van der Waals surface area contributed by atoms with E-state index in [1.807, 2.05) is 12.1 Å². The standard InChI is InChI=1S/C19H23ClN2O/c1-14(2)13-23-16-7-8-19(17(20)11-16)22-10-9-21-12-15-5-3-4-6-18(15)22/h3-8,11,14,21H,9-10,12-13H2,1-2H3. The van der Waals surface area contributed by atoms with Crippen LogP contribution in [0.15, 0.2) is 42.5 Å². The average Bonchev–Trinajstić information content (AvgIpc) is 2.75. The molecule has 2 aromatic carbocycles. The molecule has 0 atom stereocenters. The third-order valence-electron chi connectivity index (χ3n) is 3.90. The minimum atomic E-state index is 0.497. The number of rotatable bonds is 4. The first-order valence-corrected chi connectivity index (χ1v) is 8.51. The van der Waals surface area contributed by atoms with Crippen LogP contribution in [-0.4, -0.2) is 19.7 Å². The van der Waals surface area contributed by atoms with Gasteiger partial charge in [-0.2, -0.15) is 0 Å². The molecule has 1 N–H and O–H groups in total. The second-order valence-electron chi connectivity index (χ2n) is 6.28. The third-order valence-corrected chi connectivity index (χ3v) is 4.21. The van der Waals surface area contributed by atoms with E-state index in [1.54, 1.807) is 0 Å². The van der Waals surface area contributed by atoms with Gasteiger partial charge in [0.15, 0.2) is 0 Å². The Labute approximate surface area is 143 Å². The highest BCUT2D eigenvalue weighted by Crippen LogP contribution is 2.36. The Morgan fingerprint density at radius 1 is 1.17 bits per heavy atom. The molecule has 0 fully saturated rings. The third kappa shape index (κ3) is 3.80. The molecule has 23 heavy (non-hydrogen) atoms. The van der Waals surface area contributed by atoms with Crippen LogP contribution in [-0.2, 0) is 6.54 Å². The lowest BCUT2D eigenvalue weighted by atomic mass is 10.1. The fourth-order valence-corrected chi connectivity index (χ4v) is 3.04. The molecule has 0 aromatic heterocycles. The predicted molar refractivity (Wildman–Crippen MR) is 96.9 cm³/mol. The van der Waals surface area contributed by atoms with Crippen LogP contribution in [0.3, 0.4) is 0 Å². The molecule has 0 amide bonds. The summed E-state index contributed by atoms with van der Waals surface area (Å²) in [5, 5.41) is 4.18. The van der Waals surface area contributed by atoms with Crippen molar-refractivity contribution in [3.05, 3.63) is 53.1 Å². The molecule has 0 saturated carbocycles. The van der Waals surface area contributed by atoms with E-state index < -0.39 is 0 Å². The van der Waals surface area contributed by atoms with E-state index in [0.717, 1.165) is 36.1 Å². The summed E-state index contributed by atoms with van der Waals surface area (Å²) in [5.74, 6) is 1.32. The van der Waals surface area contributed by atoms with E-state index in [0.29, 0.717) is 12.5 Å². The Morgan fingerprint density at radius 2 is 2.00 bits per heavy atom. The molecular formula is C19H23ClN2O. The van der Waals surface area contributed by atoms with E-state index >= 15 is 0 Å². The van der Waals surface area contributed by atoms with Crippen LogP contribution in [0.1, 0.15) is 19.4 Å². The van der Waals surface area contributed by atoms with Gasteiger partial charge in [0, 0.05) is 31.4 Å². The van der Waals surface area contributed by atoms with Gasteiger partial charge in [0.2, 0.25) is 0 Å². The lowest BCUT2D eigenvalue weighted by Gasteiger charge is -2.26. The Bertz CT molecular complexity index is 672. The zero-order valence-corrected chi connectivity index (χ0v) is 14.4. The van der Waals surface area contributed by atoms with Crippen molar-refractivity contribution in [2.24, 2.45) is 5.92 Å². The van der Waals surface area contributed by atoms with E-state index in [-0.39, 0.29) is 0 Å². The molecule has 1 heterocycles. The molecule has 1 aliphatic rings. The molecule has 3 nitrogen and oxygen atoms in total. The van der Waals surface area contributed by atoms with Crippen molar-refractivity contribution < 1.29 is 4.74 Å². The molecular weight excluding hydrogens is 308 g/mol. The fraction of sp³-hybridized carbons (Fsp3) is 0.368. The van der Waals surface area contributed by atoms with E-state index in [4.69, 9.17) is 16.3 Å². The summed E-state index contributed by atoms with van der Waals surface area (Å²) in [7, 11) is 0. The number of para-hydroxylation sites is 1. The number of fused-ring (bicyclic) bond motifs is 1. The van der Waals surface area contributed by atoms with Crippen molar-refractivity contribution >= 4 is 23.0 Å². The summed E-state index contributed by atoms with van der Waals surface area (Å²) in [6.45, 7) is 7.68. The van der Waals surface area contributed by atoms with Crippen LogP contribution in [0, 0.1) is 5.92 Å². The van der Waals surface area contributed by atoms with Crippen LogP contribution in [0.2, 0.25) is 5.02 Å². The van der Waals surface area contributed by atoms with Gasteiger partial charge in [0.1, 0.15) is 5.75 Å². The predicted octanol–water partition coefficient (Wildman–Crippen LogP) is 4.62. The van der Waals surface area contributed by atoms with Crippen LogP contribution in [0.25, 0.3) is 0 Å². The van der Waals surface area contributed by atoms with Gasteiger partial charge >= 0.3 is 0 Å². The maximum atomic E-state index is 6.56. The summed E-state index contributed by atoms with van der Waals surface area (Å²) in [6.07, 6.45) is 0. The monoisotopic (exact) mass is 330 g/mol. The minimum absolute atomic E-state index is 0.497. The Balaban J connectivity index is 1.89. The van der Waals surface area contributed by atoms with Crippen LogP contribution in [0.4, 0.5) is 11.4 Å². The lowest BCUT2D eigenvalue weighted by Crippen LogP contribution is -2.24. The van der Waals surface area contributed by atoms with Crippen molar-refractivity contribution in [2.45, 2.75) is 20.4 Å². The zero-order valence-electron chi connectivity index (χ0n) is 13.7. The highest BCUT2D eigenvalue weighted by Gasteiger charge is 2.18. The zero-order chi connectivity index (χ0) is 16.2. The van der Waals surface area contributed by atoms with E-state index in [1.165, 1.54) is 11.3 Å². The summed E-state index contributed by atoms with van der Waals surface area (Å²) in [6, 6.07) is 14.4. The Morgan fingerprint density at radius 3 is 2.78 bits per heavy atom. The molecule has 1 aliphatic heterocycles. The van der Waals surface area contributed by atoms with Crippen LogP contribution >= 0.6 is 11.6 Å². The van der Waals surface area contributed by atoms with E-state index in [9.17, 15) is 0 Å². The number of nitrogens with zero attached hydrogens (tertiary/aromatic N) is 1. The SMILES string of the molecule is CC(C)COc1ccc(N2CCNCc3ccccc32)c(Cl)c1. The highest BCUT2D eigenvalue weighted by molar-refractivity contribution is 6.33. The van der Waals surface area contributed by atoms with Gasteiger partial charge in [-0.15, -0.1) is 0 Å². The second kappa shape index (κ2) is 7.24. The quantitative estimate of drug-likeness (QED) is 0.885. The van der Waals surface area contributed by atoms with Gasteiger partial charge in [-0.05, 0) is 29.7 Å². The molecule has 2 aromatic rings. The van der Waals surface area contributed by atoms with Crippen molar-refractivity contribution in [3.8, 4) is 5.75 Å². The summed E-state index contributed by atoms with van der Waals surface area (Å²) < 4.78 is 5.77. The smallest absolute Gasteiger partial charge is 0.120 e. The highest BCUT2D eigenvalue weighted by atomic mass is 35.5. The number of anilines is 2. The maximum absolute atomic E-state index is 6.56. The topological polar surface area (TPSA) is 24.5 Å². The normalized spacial score (nSPS) is 14.5. The largest absolute Gasteiger partial charge is 0.493 e. The fourth-order valence-electron chi connectivity index (χ4n) is 2.77. The second-order valence-corrected chi connectivity index (χ2v) is 6.68. The van der Waals surface area contributed by atoms with Gasteiger partial charge in [-0.1, -0.05) is 43.6 Å². The Hall–Kier alpha value is -1.71. The minimum Gasteiger partial charge on any atom is -0.493 e. The van der Waals surface area contributed by atoms with E-state index in [2.05, 4.69) is 54.4 Å². The summed E-state index contributed by atoms with van der Waals surface area (Å²) in [4.78, 5) is 2.28.